The summed E-state index contributed by atoms with van der Waals surface area (Å²) in [5.74, 6) is -0.828. The third-order valence-corrected chi connectivity index (χ3v) is 3.38. The minimum absolute atomic E-state index is 0.0522. The fourth-order valence-electron chi connectivity index (χ4n) is 2.36. The maximum absolute atomic E-state index is 11.8. The fourth-order valence-corrected chi connectivity index (χ4v) is 2.36. The van der Waals surface area contributed by atoms with Gasteiger partial charge < -0.3 is 20.4 Å². The molecule has 0 radical (unpaired) electrons. The van der Waals surface area contributed by atoms with Gasteiger partial charge in [0.1, 0.15) is 17.1 Å². The van der Waals surface area contributed by atoms with Crippen LogP contribution in [0.25, 0.3) is 0 Å². The summed E-state index contributed by atoms with van der Waals surface area (Å²) in [7, 11) is 0. The van der Waals surface area contributed by atoms with Crippen molar-refractivity contribution in [3.8, 4) is 11.5 Å². The van der Waals surface area contributed by atoms with E-state index in [4.69, 9.17) is 0 Å². The summed E-state index contributed by atoms with van der Waals surface area (Å²) in [6, 6.07) is 4.27. The lowest BCUT2D eigenvalue weighted by Gasteiger charge is -2.14. The van der Waals surface area contributed by atoms with Crippen LogP contribution in [0.15, 0.2) is 18.2 Å². The molecule has 5 nitrogen and oxygen atoms in total. The van der Waals surface area contributed by atoms with E-state index in [0.29, 0.717) is 6.54 Å². The highest BCUT2D eigenvalue weighted by Crippen LogP contribution is 2.25. The standard InChI is InChI=1S/C14H20N2O3/c17-11-5-3-6-12(18)13(11)14(19)15-7-4-10-16-8-1-2-9-16/h3,5-6,17-18H,1-2,4,7-10H2,(H,15,19). The van der Waals surface area contributed by atoms with Crippen LogP contribution in [0.2, 0.25) is 0 Å². The maximum atomic E-state index is 11.8. The zero-order valence-corrected chi connectivity index (χ0v) is 10.9. The van der Waals surface area contributed by atoms with Crippen molar-refractivity contribution < 1.29 is 15.0 Å². The van der Waals surface area contributed by atoms with Crippen LogP contribution in [0.1, 0.15) is 29.6 Å². The largest absolute Gasteiger partial charge is 0.507 e. The highest BCUT2D eigenvalue weighted by Gasteiger charge is 2.15. The number of hydrogen-bond donors (Lipinski definition) is 3. The van der Waals surface area contributed by atoms with Gasteiger partial charge in [0.15, 0.2) is 0 Å². The number of likely N-dealkylation sites (tertiary alicyclic amines) is 1. The van der Waals surface area contributed by atoms with Crippen molar-refractivity contribution in [1.29, 1.82) is 0 Å². The third-order valence-electron chi connectivity index (χ3n) is 3.38. The number of nitrogens with zero attached hydrogens (tertiary/aromatic N) is 1. The van der Waals surface area contributed by atoms with E-state index in [-0.39, 0.29) is 17.1 Å². The van der Waals surface area contributed by atoms with E-state index >= 15 is 0 Å². The summed E-state index contributed by atoms with van der Waals surface area (Å²) in [4.78, 5) is 14.2. The Hall–Kier alpha value is -1.75. The van der Waals surface area contributed by atoms with Gasteiger partial charge >= 0.3 is 0 Å². The van der Waals surface area contributed by atoms with E-state index in [1.165, 1.54) is 31.0 Å². The SMILES string of the molecule is O=C(NCCCN1CCCC1)c1c(O)cccc1O. The Morgan fingerprint density at radius 2 is 1.84 bits per heavy atom. The minimum atomic E-state index is -0.433. The predicted molar refractivity (Wildman–Crippen MR) is 72.4 cm³/mol. The third kappa shape index (κ3) is 3.61. The van der Waals surface area contributed by atoms with Crippen LogP contribution in [0.4, 0.5) is 0 Å². The topological polar surface area (TPSA) is 72.8 Å². The molecule has 3 N–H and O–H groups in total. The van der Waals surface area contributed by atoms with Crippen molar-refractivity contribution in [1.82, 2.24) is 10.2 Å². The van der Waals surface area contributed by atoms with Crippen LogP contribution in [0, 0.1) is 0 Å². The summed E-state index contributed by atoms with van der Waals surface area (Å²) in [5, 5.41) is 21.8. The monoisotopic (exact) mass is 264 g/mol. The van der Waals surface area contributed by atoms with Gasteiger partial charge in [0, 0.05) is 6.54 Å². The second-order valence-corrected chi connectivity index (χ2v) is 4.83. The summed E-state index contributed by atoms with van der Waals surface area (Å²) in [6.45, 7) is 3.82. The van der Waals surface area contributed by atoms with E-state index in [0.717, 1.165) is 26.1 Å². The summed E-state index contributed by atoms with van der Waals surface area (Å²) < 4.78 is 0. The first-order valence-corrected chi connectivity index (χ1v) is 6.70. The molecule has 1 amide bonds. The molecule has 0 unspecified atom stereocenters. The second-order valence-electron chi connectivity index (χ2n) is 4.83. The van der Waals surface area contributed by atoms with Crippen molar-refractivity contribution in [2.45, 2.75) is 19.3 Å². The van der Waals surface area contributed by atoms with E-state index in [9.17, 15) is 15.0 Å². The van der Waals surface area contributed by atoms with Gasteiger partial charge in [-0.1, -0.05) is 6.07 Å². The number of hydrogen-bond acceptors (Lipinski definition) is 4. The van der Waals surface area contributed by atoms with Crippen LogP contribution < -0.4 is 5.32 Å². The smallest absolute Gasteiger partial charge is 0.258 e. The molecule has 5 heteroatoms. The summed E-state index contributed by atoms with van der Waals surface area (Å²) in [6.07, 6.45) is 3.40. The van der Waals surface area contributed by atoms with Crippen LogP contribution in [0.3, 0.4) is 0 Å². The molecule has 1 heterocycles. The average molecular weight is 264 g/mol. The normalized spacial score (nSPS) is 15.6. The van der Waals surface area contributed by atoms with Crippen molar-refractivity contribution in [2.24, 2.45) is 0 Å². The number of carbonyl (C=O) groups excluding carboxylic acids is 1. The maximum Gasteiger partial charge on any atom is 0.258 e. The van der Waals surface area contributed by atoms with Crippen LogP contribution in [0.5, 0.6) is 11.5 Å². The number of phenols is 2. The molecule has 0 aliphatic carbocycles. The van der Waals surface area contributed by atoms with Gasteiger partial charge in [0.2, 0.25) is 0 Å². The zero-order chi connectivity index (χ0) is 13.7. The van der Waals surface area contributed by atoms with E-state index in [2.05, 4.69) is 10.2 Å². The quantitative estimate of drug-likeness (QED) is 0.701. The Balaban J connectivity index is 1.77. The van der Waals surface area contributed by atoms with Crippen molar-refractivity contribution >= 4 is 5.91 Å². The van der Waals surface area contributed by atoms with Gasteiger partial charge in [-0.3, -0.25) is 4.79 Å². The van der Waals surface area contributed by atoms with E-state index < -0.39 is 5.91 Å². The lowest BCUT2D eigenvalue weighted by molar-refractivity contribution is 0.0946. The molecular weight excluding hydrogens is 244 g/mol. The average Bonchev–Trinajstić information content (AvgIpc) is 2.87. The van der Waals surface area contributed by atoms with Gasteiger partial charge in [0.25, 0.3) is 5.91 Å². The van der Waals surface area contributed by atoms with Gasteiger partial charge in [-0.15, -0.1) is 0 Å². The van der Waals surface area contributed by atoms with Crippen molar-refractivity contribution in [2.75, 3.05) is 26.2 Å². The molecule has 0 saturated carbocycles. The Morgan fingerprint density at radius 1 is 1.21 bits per heavy atom. The molecule has 0 aromatic heterocycles. The number of carbonyl (C=O) groups is 1. The Bertz CT molecular complexity index is 422. The molecule has 2 rings (SSSR count). The second kappa shape index (κ2) is 6.43. The minimum Gasteiger partial charge on any atom is -0.507 e. The molecule has 1 fully saturated rings. The van der Waals surface area contributed by atoms with Crippen molar-refractivity contribution in [3.63, 3.8) is 0 Å². The fraction of sp³-hybridized carbons (Fsp3) is 0.500. The van der Waals surface area contributed by atoms with Gasteiger partial charge in [-0.2, -0.15) is 0 Å². The Labute approximate surface area is 112 Å². The Kier molecular flexibility index (Phi) is 4.63. The molecule has 0 atom stereocenters. The van der Waals surface area contributed by atoms with Crippen LogP contribution >= 0.6 is 0 Å². The first-order chi connectivity index (χ1) is 9.18. The van der Waals surface area contributed by atoms with Gasteiger partial charge in [-0.25, -0.2) is 0 Å². The number of aromatic hydroxyl groups is 2. The molecule has 104 valence electrons. The van der Waals surface area contributed by atoms with Crippen molar-refractivity contribution in [3.05, 3.63) is 23.8 Å². The molecule has 1 aromatic carbocycles. The molecule has 19 heavy (non-hydrogen) atoms. The Morgan fingerprint density at radius 3 is 2.47 bits per heavy atom. The van der Waals surface area contributed by atoms with Crippen LogP contribution in [-0.4, -0.2) is 47.2 Å². The van der Waals surface area contributed by atoms with Gasteiger partial charge in [0.05, 0.1) is 0 Å². The van der Waals surface area contributed by atoms with E-state index in [1.807, 2.05) is 0 Å². The number of rotatable bonds is 5. The number of amides is 1. The molecule has 1 aliphatic heterocycles. The molecule has 0 bridgehead atoms. The molecule has 1 saturated heterocycles. The highest BCUT2D eigenvalue weighted by molar-refractivity contribution is 5.99. The highest BCUT2D eigenvalue weighted by atomic mass is 16.3. The number of benzene rings is 1. The van der Waals surface area contributed by atoms with E-state index in [1.54, 1.807) is 0 Å². The lowest BCUT2D eigenvalue weighted by Crippen LogP contribution is -2.28. The summed E-state index contributed by atoms with van der Waals surface area (Å²) >= 11 is 0. The predicted octanol–water partition coefficient (Wildman–Crippen LogP) is 1.31. The number of phenolic OH excluding ortho intramolecular Hbond substituents is 2. The molecule has 0 spiro atoms. The number of nitrogens with one attached hydrogen (secondary N) is 1. The van der Waals surface area contributed by atoms with Crippen LogP contribution in [-0.2, 0) is 0 Å². The van der Waals surface area contributed by atoms with Gasteiger partial charge in [-0.05, 0) is 51.0 Å². The first kappa shape index (κ1) is 13.7. The lowest BCUT2D eigenvalue weighted by atomic mass is 10.1. The molecule has 1 aliphatic rings. The molecular formula is C14H20N2O3. The zero-order valence-electron chi connectivity index (χ0n) is 10.9. The summed E-state index contributed by atoms with van der Waals surface area (Å²) in [5.41, 5.74) is -0.0522. The molecule has 1 aromatic rings. The first-order valence-electron chi connectivity index (χ1n) is 6.70.